The van der Waals surface area contributed by atoms with E-state index < -0.39 is 70.2 Å². The predicted molar refractivity (Wildman–Crippen MR) is 190 cm³/mol. The number of carboxylic acids is 1. The van der Waals surface area contributed by atoms with Crippen LogP contribution < -0.4 is 14.9 Å². The Morgan fingerprint density at radius 2 is 1.41 bits per heavy atom. The van der Waals surface area contributed by atoms with Gasteiger partial charge in [0.2, 0.25) is 21.8 Å². The van der Waals surface area contributed by atoms with Gasteiger partial charge in [-0.1, -0.05) is 77.8 Å². The Morgan fingerprint density at radius 3 is 1.94 bits per heavy atom. The Hall–Kier alpha value is -4.56. The van der Waals surface area contributed by atoms with Gasteiger partial charge in [-0.05, 0) is 53.1 Å². The summed E-state index contributed by atoms with van der Waals surface area (Å²) in [5.41, 5.74) is 2.23. The second kappa shape index (κ2) is 16.6. The number of halogens is 4. The van der Waals surface area contributed by atoms with Crippen molar-refractivity contribution in [2.45, 2.75) is 31.0 Å². The van der Waals surface area contributed by atoms with Gasteiger partial charge in [0.15, 0.2) is 0 Å². The summed E-state index contributed by atoms with van der Waals surface area (Å²) in [5.74, 6) is -5.58. The molecule has 0 spiro atoms. The summed E-state index contributed by atoms with van der Waals surface area (Å²) in [4.78, 5) is 38.5. The Labute approximate surface area is 304 Å². The zero-order valence-corrected chi connectivity index (χ0v) is 29.3. The molecule has 4 aromatic carbocycles. The van der Waals surface area contributed by atoms with Crippen LogP contribution in [0.4, 0.5) is 14.5 Å². The van der Waals surface area contributed by atoms with Crippen molar-refractivity contribution in [3.05, 3.63) is 135 Å². The van der Waals surface area contributed by atoms with Crippen LogP contribution in [0.5, 0.6) is 0 Å². The molecule has 10 nitrogen and oxygen atoms in total. The van der Waals surface area contributed by atoms with E-state index in [-0.39, 0.29) is 31.2 Å². The number of benzene rings is 4. The quantitative estimate of drug-likeness (QED) is 0.142. The highest BCUT2D eigenvalue weighted by Crippen LogP contribution is 2.37. The van der Waals surface area contributed by atoms with Gasteiger partial charge in [-0.2, -0.15) is 0 Å². The number of carboxylic acid groups (broad SMARTS) is 1. The SMILES string of the molecule is O=C(O)CC(=O)NC(Cc1ccccc1)C(=O)NCCS(=O)(=O)N(c1cc(F)cc(F)c1)C1CN(C(c2ccc(Cl)cc2)c2ccc(Cl)cc2)C1. The fraction of sp³-hybridized carbons (Fsp3) is 0.250. The molecule has 4 aromatic rings. The lowest BCUT2D eigenvalue weighted by Crippen LogP contribution is -2.62. The minimum atomic E-state index is -4.32. The Balaban J connectivity index is 1.34. The fourth-order valence-corrected chi connectivity index (χ4v) is 7.81. The zero-order valence-electron chi connectivity index (χ0n) is 27.0. The molecule has 15 heteroatoms. The molecule has 2 amide bonds. The Morgan fingerprint density at radius 1 is 0.863 bits per heavy atom. The van der Waals surface area contributed by atoms with Gasteiger partial charge in [-0.3, -0.25) is 23.6 Å². The molecule has 5 rings (SSSR count). The number of carbonyl (C=O) groups is 3. The number of hydrogen-bond donors (Lipinski definition) is 3. The second-order valence-corrected chi connectivity index (χ2v) is 14.9. The summed E-state index contributed by atoms with van der Waals surface area (Å²) >= 11 is 12.3. The van der Waals surface area contributed by atoms with Crippen LogP contribution in [-0.2, 0) is 30.8 Å². The largest absolute Gasteiger partial charge is 0.481 e. The van der Waals surface area contributed by atoms with Crippen LogP contribution >= 0.6 is 23.2 Å². The van der Waals surface area contributed by atoms with Gasteiger partial charge in [0.05, 0.1) is 23.5 Å². The normalized spacial score (nSPS) is 14.1. The van der Waals surface area contributed by atoms with Crippen LogP contribution in [0.1, 0.15) is 29.2 Å². The molecule has 0 radical (unpaired) electrons. The van der Waals surface area contributed by atoms with Crippen molar-refractivity contribution >= 4 is 56.7 Å². The topological polar surface area (TPSA) is 136 Å². The summed E-state index contributed by atoms with van der Waals surface area (Å²) in [5, 5.41) is 15.0. The maximum absolute atomic E-state index is 14.5. The minimum absolute atomic E-state index is 0.0137. The highest BCUT2D eigenvalue weighted by atomic mass is 35.5. The van der Waals surface area contributed by atoms with E-state index in [1.54, 1.807) is 54.6 Å². The summed E-state index contributed by atoms with van der Waals surface area (Å²) in [6.07, 6.45) is -0.846. The summed E-state index contributed by atoms with van der Waals surface area (Å²) in [7, 11) is -4.32. The molecule has 0 bridgehead atoms. The average molecular weight is 760 g/mol. The number of nitrogens with zero attached hydrogens (tertiary/aromatic N) is 2. The summed E-state index contributed by atoms with van der Waals surface area (Å²) < 4.78 is 57.8. The number of rotatable bonds is 15. The first-order chi connectivity index (χ1) is 24.3. The maximum atomic E-state index is 14.5. The van der Waals surface area contributed by atoms with E-state index in [0.29, 0.717) is 21.7 Å². The van der Waals surface area contributed by atoms with Gasteiger partial charge in [-0.25, -0.2) is 17.2 Å². The predicted octanol–water partition coefficient (Wildman–Crippen LogP) is 5.20. The molecule has 1 aliphatic heterocycles. The van der Waals surface area contributed by atoms with E-state index in [1.165, 1.54) is 0 Å². The van der Waals surface area contributed by atoms with Gasteiger partial charge in [0.25, 0.3) is 0 Å². The molecule has 1 unspecified atom stereocenters. The third-order valence-electron chi connectivity index (χ3n) is 8.27. The number of amides is 2. The van der Waals surface area contributed by atoms with Gasteiger partial charge >= 0.3 is 5.97 Å². The number of hydrogen-bond acceptors (Lipinski definition) is 6. The number of likely N-dealkylation sites (tertiary alicyclic amines) is 1. The molecular weight excluding hydrogens is 725 g/mol. The number of anilines is 1. The number of aliphatic carboxylic acids is 1. The van der Waals surface area contributed by atoms with Gasteiger partial charge in [-0.15, -0.1) is 0 Å². The molecule has 3 N–H and O–H groups in total. The van der Waals surface area contributed by atoms with Crippen LogP contribution in [0.2, 0.25) is 10.0 Å². The molecule has 0 aliphatic carbocycles. The first-order valence-corrected chi connectivity index (χ1v) is 18.2. The van der Waals surface area contributed by atoms with Crippen LogP contribution in [0, 0.1) is 11.6 Å². The van der Waals surface area contributed by atoms with Crippen molar-refractivity contribution in [2.24, 2.45) is 0 Å². The number of carbonyl (C=O) groups excluding carboxylic acids is 2. The van der Waals surface area contributed by atoms with Crippen molar-refractivity contribution in [2.75, 3.05) is 29.7 Å². The lowest BCUT2D eigenvalue weighted by molar-refractivity contribution is -0.141. The standard InChI is InChI=1S/C36H34Cl2F2N4O6S/c37-26-10-6-24(7-11-26)35(25-8-12-27(38)13-9-25)43-21-31(22-43)44(30-18-28(39)17-29(40)19-30)51(49,50)15-14-41-36(48)32(42-33(45)20-34(46)47)16-23-4-2-1-3-5-23/h1-13,17-19,31-32,35H,14-16,20-22H2,(H,41,48)(H,42,45)(H,46,47). The minimum Gasteiger partial charge on any atom is -0.481 e. The van der Waals surface area contributed by atoms with Gasteiger partial charge in [0.1, 0.15) is 24.1 Å². The van der Waals surface area contributed by atoms with Crippen molar-refractivity contribution < 1.29 is 36.7 Å². The smallest absolute Gasteiger partial charge is 0.312 e. The summed E-state index contributed by atoms with van der Waals surface area (Å²) in [6, 6.07) is 23.4. The molecule has 0 saturated carbocycles. The molecule has 1 heterocycles. The first-order valence-electron chi connectivity index (χ1n) is 15.8. The van der Waals surface area contributed by atoms with Crippen molar-refractivity contribution in [3.8, 4) is 0 Å². The van der Waals surface area contributed by atoms with Crippen molar-refractivity contribution in [1.29, 1.82) is 0 Å². The molecule has 51 heavy (non-hydrogen) atoms. The van der Waals surface area contributed by atoms with Crippen LogP contribution in [-0.4, -0.2) is 73.7 Å². The molecular formula is C36H34Cl2F2N4O6S. The Bertz CT molecular complexity index is 1900. The third kappa shape index (κ3) is 10.0. The fourth-order valence-electron chi connectivity index (χ4n) is 5.98. The molecule has 0 aromatic heterocycles. The Kier molecular flexibility index (Phi) is 12.3. The third-order valence-corrected chi connectivity index (χ3v) is 10.6. The maximum Gasteiger partial charge on any atom is 0.312 e. The van der Waals surface area contributed by atoms with E-state index in [4.69, 9.17) is 28.3 Å². The molecule has 1 fully saturated rings. The van der Waals surface area contributed by atoms with E-state index in [9.17, 15) is 31.6 Å². The highest BCUT2D eigenvalue weighted by Gasteiger charge is 2.42. The second-order valence-electron chi connectivity index (χ2n) is 12.0. The monoisotopic (exact) mass is 758 g/mol. The lowest BCUT2D eigenvalue weighted by atomic mass is 9.93. The number of sulfonamides is 1. The van der Waals surface area contributed by atoms with E-state index >= 15 is 0 Å². The average Bonchev–Trinajstić information content (AvgIpc) is 3.04. The lowest BCUT2D eigenvalue weighted by Gasteiger charge is -2.49. The van der Waals surface area contributed by atoms with E-state index in [1.807, 2.05) is 29.2 Å². The van der Waals surface area contributed by atoms with Crippen LogP contribution in [0.3, 0.4) is 0 Å². The van der Waals surface area contributed by atoms with Gasteiger partial charge < -0.3 is 15.7 Å². The molecule has 1 aliphatic rings. The highest BCUT2D eigenvalue weighted by molar-refractivity contribution is 7.92. The van der Waals surface area contributed by atoms with Crippen LogP contribution in [0.15, 0.2) is 97.1 Å². The van der Waals surface area contributed by atoms with Gasteiger partial charge in [0, 0.05) is 42.2 Å². The first kappa shape index (κ1) is 37.7. The molecule has 268 valence electrons. The molecule has 1 saturated heterocycles. The van der Waals surface area contributed by atoms with Crippen molar-refractivity contribution in [3.63, 3.8) is 0 Å². The van der Waals surface area contributed by atoms with E-state index in [0.717, 1.165) is 27.6 Å². The van der Waals surface area contributed by atoms with Crippen LogP contribution in [0.25, 0.3) is 0 Å². The van der Waals surface area contributed by atoms with E-state index in [2.05, 4.69) is 10.6 Å². The summed E-state index contributed by atoms with van der Waals surface area (Å²) in [6.45, 7) is -0.0348. The molecule has 1 atom stereocenters. The van der Waals surface area contributed by atoms with Crippen molar-refractivity contribution in [1.82, 2.24) is 15.5 Å². The zero-order chi connectivity index (χ0) is 36.7. The number of nitrogens with one attached hydrogen (secondary N) is 2.